The number of likely N-dealkylation sites (tertiary alicyclic amines) is 1. The number of nitrogens with zero attached hydrogens (tertiary/aromatic N) is 3. The smallest absolute Gasteiger partial charge is 0.255 e. The van der Waals surface area contributed by atoms with Gasteiger partial charge in [-0.3, -0.25) is 9.78 Å². The van der Waals surface area contributed by atoms with E-state index in [1.54, 1.807) is 29.3 Å². The molecule has 0 saturated carbocycles. The maximum absolute atomic E-state index is 13.3. The quantitative estimate of drug-likeness (QED) is 0.751. The second kappa shape index (κ2) is 9.29. The summed E-state index contributed by atoms with van der Waals surface area (Å²) in [6.07, 6.45) is 6.07. The number of benzene rings is 1. The van der Waals surface area contributed by atoms with Gasteiger partial charge in [0.25, 0.3) is 5.91 Å². The van der Waals surface area contributed by atoms with Gasteiger partial charge in [0.1, 0.15) is 5.82 Å². The highest BCUT2D eigenvalue weighted by molar-refractivity contribution is 6.30. The van der Waals surface area contributed by atoms with Crippen LogP contribution in [0.1, 0.15) is 28.8 Å². The van der Waals surface area contributed by atoms with Gasteiger partial charge in [0.15, 0.2) is 0 Å². The van der Waals surface area contributed by atoms with Crippen molar-refractivity contribution in [2.75, 3.05) is 33.2 Å². The average Bonchev–Trinajstić information content (AvgIpc) is 2.67. The molecule has 1 saturated heterocycles. The van der Waals surface area contributed by atoms with Gasteiger partial charge >= 0.3 is 0 Å². The van der Waals surface area contributed by atoms with Crippen molar-refractivity contribution >= 4 is 17.5 Å². The Kier molecular flexibility index (Phi) is 6.80. The van der Waals surface area contributed by atoms with Gasteiger partial charge in [-0.1, -0.05) is 23.7 Å². The van der Waals surface area contributed by atoms with Crippen LogP contribution in [0.15, 0.2) is 42.7 Å². The fourth-order valence-electron chi connectivity index (χ4n) is 3.59. The molecule has 6 heteroatoms. The van der Waals surface area contributed by atoms with E-state index in [2.05, 4.69) is 9.88 Å². The van der Waals surface area contributed by atoms with E-state index in [1.807, 2.05) is 13.1 Å². The first-order valence-corrected chi connectivity index (χ1v) is 9.72. The van der Waals surface area contributed by atoms with Crippen LogP contribution in [0.2, 0.25) is 5.02 Å². The van der Waals surface area contributed by atoms with E-state index in [0.717, 1.165) is 51.0 Å². The second-order valence-corrected chi connectivity index (χ2v) is 7.68. The summed E-state index contributed by atoms with van der Waals surface area (Å²) in [4.78, 5) is 20.7. The van der Waals surface area contributed by atoms with Crippen LogP contribution in [0.5, 0.6) is 0 Å². The molecule has 0 aliphatic carbocycles. The summed E-state index contributed by atoms with van der Waals surface area (Å²) in [5.41, 5.74) is 1.56. The molecule has 0 bridgehead atoms. The first kappa shape index (κ1) is 19.8. The second-order valence-electron chi connectivity index (χ2n) is 7.24. The molecule has 1 aliphatic heterocycles. The van der Waals surface area contributed by atoms with Crippen LogP contribution in [-0.2, 0) is 6.42 Å². The zero-order valence-electron chi connectivity index (χ0n) is 15.6. The lowest BCUT2D eigenvalue weighted by Crippen LogP contribution is -2.40. The normalized spacial score (nSPS) is 15.7. The molecule has 2 heterocycles. The van der Waals surface area contributed by atoms with E-state index in [1.165, 1.54) is 12.3 Å². The lowest BCUT2D eigenvalue weighted by Gasteiger charge is -2.34. The minimum absolute atomic E-state index is 0.0430. The van der Waals surface area contributed by atoms with E-state index < -0.39 is 0 Å². The van der Waals surface area contributed by atoms with Crippen molar-refractivity contribution in [1.82, 2.24) is 14.8 Å². The maximum Gasteiger partial charge on any atom is 0.255 e. The molecule has 1 aliphatic rings. The van der Waals surface area contributed by atoms with E-state index >= 15 is 0 Å². The summed E-state index contributed by atoms with van der Waals surface area (Å²) in [5.74, 6) is 0.281. The van der Waals surface area contributed by atoms with Crippen LogP contribution in [-0.4, -0.2) is 53.9 Å². The highest BCUT2D eigenvalue weighted by atomic mass is 35.5. The first-order valence-electron chi connectivity index (χ1n) is 9.34. The number of pyridine rings is 1. The van der Waals surface area contributed by atoms with E-state index in [-0.39, 0.29) is 11.7 Å². The monoisotopic (exact) mass is 389 g/mol. The van der Waals surface area contributed by atoms with Gasteiger partial charge in [-0.05, 0) is 62.0 Å². The Labute approximate surface area is 165 Å². The summed E-state index contributed by atoms with van der Waals surface area (Å²) >= 11 is 5.92. The Morgan fingerprint density at radius 3 is 2.78 bits per heavy atom. The third-order valence-electron chi connectivity index (χ3n) is 5.14. The van der Waals surface area contributed by atoms with Gasteiger partial charge in [0, 0.05) is 32.5 Å². The Morgan fingerprint density at radius 2 is 2.07 bits per heavy atom. The Bertz CT molecular complexity index is 778. The van der Waals surface area contributed by atoms with Crippen molar-refractivity contribution in [1.29, 1.82) is 0 Å². The standard InChI is InChI=1S/C21H25ClFN3O/c1-25(21(27)18-12-19(22)14-24-13-18)15-17-6-9-26(10-7-17)8-5-16-3-2-4-20(23)11-16/h2-4,11-14,17H,5-10,15H2,1H3. The molecule has 1 fully saturated rings. The summed E-state index contributed by atoms with van der Waals surface area (Å²) in [6.45, 7) is 3.71. The highest BCUT2D eigenvalue weighted by Gasteiger charge is 2.22. The largest absolute Gasteiger partial charge is 0.341 e. The van der Waals surface area contributed by atoms with Gasteiger partial charge in [-0.25, -0.2) is 4.39 Å². The summed E-state index contributed by atoms with van der Waals surface area (Å²) in [7, 11) is 1.83. The number of rotatable bonds is 6. The van der Waals surface area contributed by atoms with Gasteiger partial charge in [0.2, 0.25) is 0 Å². The maximum atomic E-state index is 13.3. The molecule has 3 rings (SSSR count). The third-order valence-corrected chi connectivity index (χ3v) is 5.35. The molecule has 0 spiro atoms. The van der Waals surface area contributed by atoms with Crippen molar-refractivity contribution in [3.8, 4) is 0 Å². The van der Waals surface area contributed by atoms with Crippen molar-refractivity contribution in [3.05, 3.63) is 64.7 Å². The summed E-state index contributed by atoms with van der Waals surface area (Å²) in [5, 5.41) is 0.473. The molecular weight excluding hydrogens is 365 g/mol. The Hall–Kier alpha value is -1.98. The number of amides is 1. The number of aromatic nitrogens is 1. The molecule has 0 atom stereocenters. The molecule has 4 nitrogen and oxygen atoms in total. The number of piperidine rings is 1. The molecule has 144 valence electrons. The fraction of sp³-hybridized carbons (Fsp3) is 0.429. The van der Waals surface area contributed by atoms with Crippen LogP contribution in [0, 0.1) is 11.7 Å². The van der Waals surface area contributed by atoms with Crippen LogP contribution < -0.4 is 0 Å². The summed E-state index contributed by atoms with van der Waals surface area (Å²) in [6, 6.07) is 8.48. The molecule has 1 aromatic heterocycles. The number of carbonyl (C=O) groups excluding carboxylic acids is 1. The zero-order chi connectivity index (χ0) is 19.2. The minimum Gasteiger partial charge on any atom is -0.341 e. The van der Waals surface area contributed by atoms with Gasteiger partial charge < -0.3 is 9.80 Å². The lowest BCUT2D eigenvalue weighted by atomic mass is 9.95. The Morgan fingerprint density at radius 1 is 1.30 bits per heavy atom. The predicted octanol–water partition coefficient (Wildman–Crippen LogP) is 3.90. The van der Waals surface area contributed by atoms with Gasteiger partial charge in [0.05, 0.1) is 10.6 Å². The Balaban J connectivity index is 1.43. The lowest BCUT2D eigenvalue weighted by molar-refractivity contribution is 0.0740. The molecule has 0 N–H and O–H groups in total. The highest BCUT2D eigenvalue weighted by Crippen LogP contribution is 2.20. The third kappa shape index (κ3) is 5.75. The zero-order valence-corrected chi connectivity index (χ0v) is 16.3. The van der Waals surface area contributed by atoms with Crippen LogP contribution in [0.3, 0.4) is 0 Å². The topological polar surface area (TPSA) is 36.4 Å². The number of halogens is 2. The predicted molar refractivity (Wildman–Crippen MR) is 105 cm³/mol. The average molecular weight is 390 g/mol. The molecule has 1 aromatic carbocycles. The number of hydrogen-bond donors (Lipinski definition) is 0. The van der Waals surface area contributed by atoms with Gasteiger partial charge in [-0.2, -0.15) is 0 Å². The van der Waals surface area contributed by atoms with Crippen LogP contribution >= 0.6 is 11.6 Å². The number of carbonyl (C=O) groups is 1. The molecule has 2 aromatic rings. The minimum atomic E-state index is -0.172. The van der Waals surface area contributed by atoms with Crippen LogP contribution in [0.4, 0.5) is 4.39 Å². The molecule has 0 radical (unpaired) electrons. The molecule has 1 amide bonds. The van der Waals surface area contributed by atoms with E-state index in [9.17, 15) is 9.18 Å². The SMILES string of the molecule is CN(CC1CCN(CCc2cccc(F)c2)CC1)C(=O)c1cncc(Cl)c1. The van der Waals surface area contributed by atoms with Crippen molar-refractivity contribution in [2.45, 2.75) is 19.3 Å². The van der Waals surface area contributed by atoms with Crippen molar-refractivity contribution in [3.63, 3.8) is 0 Å². The molecule has 27 heavy (non-hydrogen) atoms. The van der Waals surface area contributed by atoms with Crippen molar-refractivity contribution < 1.29 is 9.18 Å². The first-order chi connectivity index (χ1) is 13.0. The van der Waals surface area contributed by atoms with E-state index in [0.29, 0.717) is 16.5 Å². The van der Waals surface area contributed by atoms with E-state index in [4.69, 9.17) is 11.6 Å². The molecule has 0 unspecified atom stereocenters. The van der Waals surface area contributed by atoms with Crippen LogP contribution in [0.25, 0.3) is 0 Å². The molecular formula is C21H25ClFN3O. The number of hydrogen-bond acceptors (Lipinski definition) is 3. The fourth-order valence-corrected chi connectivity index (χ4v) is 3.77. The van der Waals surface area contributed by atoms with Gasteiger partial charge in [-0.15, -0.1) is 0 Å². The van der Waals surface area contributed by atoms with Crippen molar-refractivity contribution in [2.24, 2.45) is 5.92 Å². The summed E-state index contributed by atoms with van der Waals surface area (Å²) < 4.78 is 13.3.